The molecule has 21 heavy (non-hydrogen) atoms. The third-order valence-corrected chi connectivity index (χ3v) is 3.74. The Morgan fingerprint density at radius 3 is 2.81 bits per heavy atom. The highest BCUT2D eigenvalue weighted by Crippen LogP contribution is 2.27. The van der Waals surface area contributed by atoms with Crippen LogP contribution in [-0.4, -0.2) is 27.4 Å². The van der Waals surface area contributed by atoms with Crippen molar-refractivity contribution in [1.82, 2.24) is 9.55 Å². The minimum absolute atomic E-state index is 0.0581. The van der Waals surface area contributed by atoms with Gasteiger partial charge >= 0.3 is 5.69 Å². The number of H-pyrrole nitrogens is 1. The van der Waals surface area contributed by atoms with E-state index in [0.717, 1.165) is 18.4 Å². The molecule has 0 bridgehead atoms. The summed E-state index contributed by atoms with van der Waals surface area (Å²) in [5.41, 5.74) is 0.591. The molecule has 1 aliphatic heterocycles. The fourth-order valence-electron chi connectivity index (χ4n) is 2.64. The number of aromatic amines is 1. The summed E-state index contributed by atoms with van der Waals surface area (Å²) in [6, 6.07) is 0. The molecule has 1 fully saturated rings. The van der Waals surface area contributed by atoms with Gasteiger partial charge in [0.2, 0.25) is 0 Å². The van der Waals surface area contributed by atoms with E-state index in [4.69, 9.17) is 9.84 Å². The van der Waals surface area contributed by atoms with Gasteiger partial charge in [-0.05, 0) is 31.3 Å². The molecule has 6 nitrogen and oxygen atoms in total. The fraction of sp³-hybridized carbons (Fsp3) is 0.600. The first kappa shape index (κ1) is 15.7. The van der Waals surface area contributed by atoms with Gasteiger partial charge in [-0.2, -0.15) is 0 Å². The Bertz CT molecular complexity index is 629. The van der Waals surface area contributed by atoms with E-state index in [-0.39, 0.29) is 18.3 Å². The van der Waals surface area contributed by atoms with Gasteiger partial charge in [0.25, 0.3) is 5.56 Å². The van der Waals surface area contributed by atoms with E-state index in [0.29, 0.717) is 18.4 Å². The van der Waals surface area contributed by atoms with Gasteiger partial charge in [0.15, 0.2) is 0 Å². The molecule has 0 spiro atoms. The quantitative estimate of drug-likeness (QED) is 0.860. The average molecular weight is 294 g/mol. The summed E-state index contributed by atoms with van der Waals surface area (Å²) in [5.74, 6) is 0. The van der Waals surface area contributed by atoms with Crippen LogP contribution in [0.2, 0.25) is 0 Å². The Labute approximate surface area is 123 Å². The van der Waals surface area contributed by atoms with Crippen LogP contribution >= 0.6 is 0 Å². The Morgan fingerprint density at radius 1 is 1.48 bits per heavy atom. The lowest BCUT2D eigenvalue weighted by Crippen LogP contribution is -2.34. The van der Waals surface area contributed by atoms with Crippen LogP contribution < -0.4 is 11.2 Å². The first-order valence-electron chi connectivity index (χ1n) is 7.41. The first-order valence-corrected chi connectivity index (χ1v) is 7.41. The van der Waals surface area contributed by atoms with Crippen molar-refractivity contribution in [3.05, 3.63) is 38.7 Å². The number of rotatable bonds is 5. The maximum absolute atomic E-state index is 12.0. The SMILES string of the molecule is CC/C=C(\CC)c1cn([C@H]2CC[C@@H](CO)O2)c(=O)[nH]c1=O. The zero-order chi connectivity index (χ0) is 15.4. The lowest BCUT2D eigenvalue weighted by Gasteiger charge is -2.16. The van der Waals surface area contributed by atoms with Crippen molar-refractivity contribution < 1.29 is 9.84 Å². The standard InChI is InChI=1S/C15H22N2O4/c1-3-5-10(4-2)12-8-17(15(20)16-14(12)19)13-7-6-11(9-18)21-13/h5,8,11,13,18H,3-4,6-7,9H2,1-2H3,(H,16,19,20)/b10-5+/t11-,13+/m0/s1. The summed E-state index contributed by atoms with van der Waals surface area (Å²) in [6.07, 6.45) is 5.80. The van der Waals surface area contributed by atoms with Crippen molar-refractivity contribution in [3.63, 3.8) is 0 Å². The van der Waals surface area contributed by atoms with E-state index in [2.05, 4.69) is 4.98 Å². The summed E-state index contributed by atoms with van der Waals surface area (Å²) >= 11 is 0. The monoisotopic (exact) mass is 294 g/mol. The van der Waals surface area contributed by atoms with Gasteiger partial charge in [-0.25, -0.2) is 4.79 Å². The summed E-state index contributed by atoms with van der Waals surface area (Å²) < 4.78 is 7.04. The normalized spacial score (nSPS) is 22.7. The highest BCUT2D eigenvalue weighted by Gasteiger charge is 2.27. The molecule has 1 aromatic heterocycles. The number of aliphatic hydroxyl groups is 1. The molecule has 6 heteroatoms. The fourth-order valence-corrected chi connectivity index (χ4v) is 2.64. The predicted molar refractivity (Wildman–Crippen MR) is 80.1 cm³/mol. The molecule has 0 unspecified atom stereocenters. The molecule has 1 saturated heterocycles. The maximum atomic E-state index is 12.0. The van der Waals surface area contributed by atoms with Crippen molar-refractivity contribution >= 4 is 5.57 Å². The molecular formula is C15H22N2O4. The lowest BCUT2D eigenvalue weighted by atomic mass is 10.1. The topological polar surface area (TPSA) is 84.3 Å². The van der Waals surface area contributed by atoms with Crippen LogP contribution in [0.15, 0.2) is 21.9 Å². The van der Waals surface area contributed by atoms with E-state index < -0.39 is 11.9 Å². The van der Waals surface area contributed by atoms with Gasteiger partial charge in [0.1, 0.15) is 6.23 Å². The molecule has 0 amide bonds. The molecule has 0 aliphatic carbocycles. The Balaban J connectivity index is 2.42. The van der Waals surface area contributed by atoms with Crippen LogP contribution in [0.1, 0.15) is 51.3 Å². The van der Waals surface area contributed by atoms with E-state index in [1.807, 2.05) is 19.9 Å². The highest BCUT2D eigenvalue weighted by molar-refractivity contribution is 5.63. The van der Waals surface area contributed by atoms with Crippen molar-refractivity contribution in [1.29, 1.82) is 0 Å². The number of ether oxygens (including phenoxy) is 1. The first-order chi connectivity index (χ1) is 10.1. The van der Waals surface area contributed by atoms with E-state index in [1.165, 1.54) is 4.57 Å². The van der Waals surface area contributed by atoms with Crippen molar-refractivity contribution in [2.75, 3.05) is 6.61 Å². The van der Waals surface area contributed by atoms with Crippen molar-refractivity contribution in [3.8, 4) is 0 Å². The van der Waals surface area contributed by atoms with Gasteiger partial charge in [-0.3, -0.25) is 14.3 Å². The minimum atomic E-state index is -0.473. The Hall–Kier alpha value is -1.66. The zero-order valence-electron chi connectivity index (χ0n) is 12.5. The van der Waals surface area contributed by atoms with Gasteiger partial charge in [0.05, 0.1) is 18.3 Å². The molecule has 1 aromatic rings. The highest BCUT2D eigenvalue weighted by atomic mass is 16.5. The van der Waals surface area contributed by atoms with Gasteiger partial charge in [0, 0.05) is 6.20 Å². The molecule has 1 aliphatic rings. The van der Waals surface area contributed by atoms with E-state index in [9.17, 15) is 9.59 Å². The molecular weight excluding hydrogens is 272 g/mol. The smallest absolute Gasteiger partial charge is 0.330 e. The van der Waals surface area contributed by atoms with Gasteiger partial charge < -0.3 is 9.84 Å². The van der Waals surface area contributed by atoms with Crippen molar-refractivity contribution in [2.45, 2.75) is 51.9 Å². The summed E-state index contributed by atoms with van der Waals surface area (Å²) in [6.45, 7) is 3.92. The zero-order valence-corrected chi connectivity index (χ0v) is 12.5. The second-order valence-electron chi connectivity index (χ2n) is 5.17. The molecule has 2 rings (SSSR count). The number of aliphatic hydroxyl groups excluding tert-OH is 1. The van der Waals surface area contributed by atoms with Gasteiger partial charge in [-0.1, -0.05) is 19.9 Å². The number of allylic oxidation sites excluding steroid dienone is 2. The molecule has 2 heterocycles. The molecule has 2 N–H and O–H groups in total. The largest absolute Gasteiger partial charge is 0.394 e. The lowest BCUT2D eigenvalue weighted by molar-refractivity contribution is -0.0246. The number of hydrogen-bond acceptors (Lipinski definition) is 4. The number of nitrogens with zero attached hydrogens (tertiary/aromatic N) is 1. The molecule has 0 saturated carbocycles. The molecule has 116 valence electrons. The Kier molecular flexibility index (Phi) is 5.14. The van der Waals surface area contributed by atoms with Crippen LogP contribution in [0, 0.1) is 0 Å². The average Bonchev–Trinajstić information content (AvgIpc) is 2.94. The second-order valence-corrected chi connectivity index (χ2v) is 5.17. The second kappa shape index (κ2) is 6.87. The van der Waals surface area contributed by atoms with E-state index in [1.54, 1.807) is 6.20 Å². The third-order valence-electron chi connectivity index (χ3n) is 3.74. The number of aromatic nitrogens is 2. The summed E-state index contributed by atoms with van der Waals surface area (Å²) in [7, 11) is 0. The molecule has 2 atom stereocenters. The van der Waals surface area contributed by atoms with Crippen LogP contribution in [0.5, 0.6) is 0 Å². The third kappa shape index (κ3) is 3.33. The Morgan fingerprint density at radius 2 is 2.24 bits per heavy atom. The van der Waals surface area contributed by atoms with Crippen LogP contribution in [0.4, 0.5) is 0 Å². The van der Waals surface area contributed by atoms with Crippen molar-refractivity contribution in [2.24, 2.45) is 0 Å². The van der Waals surface area contributed by atoms with Crippen LogP contribution in [0.3, 0.4) is 0 Å². The summed E-state index contributed by atoms with van der Waals surface area (Å²) in [4.78, 5) is 26.4. The molecule has 0 aromatic carbocycles. The van der Waals surface area contributed by atoms with E-state index >= 15 is 0 Å². The maximum Gasteiger partial charge on any atom is 0.330 e. The van der Waals surface area contributed by atoms with Crippen LogP contribution in [-0.2, 0) is 4.74 Å². The van der Waals surface area contributed by atoms with Gasteiger partial charge in [-0.15, -0.1) is 0 Å². The molecule has 0 radical (unpaired) electrons. The minimum Gasteiger partial charge on any atom is -0.394 e. The summed E-state index contributed by atoms with van der Waals surface area (Å²) in [5, 5.41) is 9.12. The predicted octanol–water partition coefficient (Wildman–Crippen LogP) is 1.41. The number of hydrogen-bond donors (Lipinski definition) is 2. The van der Waals surface area contributed by atoms with Crippen LogP contribution in [0.25, 0.3) is 5.57 Å². The number of nitrogens with one attached hydrogen (secondary N) is 1.